The Morgan fingerprint density at radius 2 is 1.07 bits per heavy atom. The van der Waals surface area contributed by atoms with Crippen molar-refractivity contribution in [1.82, 2.24) is 9.44 Å². The van der Waals surface area contributed by atoms with Crippen LogP contribution in [0.3, 0.4) is 0 Å². The quantitative estimate of drug-likeness (QED) is 0.405. The van der Waals surface area contributed by atoms with E-state index in [9.17, 15) is 26.4 Å². The summed E-state index contributed by atoms with van der Waals surface area (Å²) >= 11 is 0. The van der Waals surface area contributed by atoms with Gasteiger partial charge in [0, 0.05) is 13.1 Å². The SMILES string of the molecule is Cc1ccc(S(=O)(=O)NCCNS(=O)(=O)c2ccc(C)c(C(=O)O)c2)cc1C(=O)O. The zero-order chi connectivity index (χ0) is 22.7. The van der Waals surface area contributed by atoms with Gasteiger partial charge < -0.3 is 10.2 Å². The van der Waals surface area contributed by atoms with Gasteiger partial charge in [-0.1, -0.05) is 12.1 Å². The van der Waals surface area contributed by atoms with Crippen molar-refractivity contribution in [2.75, 3.05) is 13.1 Å². The van der Waals surface area contributed by atoms with Crippen LogP contribution < -0.4 is 9.44 Å². The molecule has 0 saturated carbocycles. The second-order valence-electron chi connectivity index (χ2n) is 6.36. The topological polar surface area (TPSA) is 167 Å². The maximum absolute atomic E-state index is 12.3. The number of carboxylic acids is 2. The highest BCUT2D eigenvalue weighted by molar-refractivity contribution is 7.90. The summed E-state index contributed by atoms with van der Waals surface area (Å²) in [5.41, 5.74) is 0.473. The summed E-state index contributed by atoms with van der Waals surface area (Å²) in [6.45, 7) is 2.44. The Balaban J connectivity index is 2.07. The third-order valence-corrected chi connectivity index (χ3v) is 7.13. The maximum atomic E-state index is 12.3. The first kappa shape index (κ1) is 23.5. The molecule has 0 spiro atoms. The Morgan fingerprint density at radius 3 is 1.37 bits per heavy atom. The molecule has 162 valence electrons. The van der Waals surface area contributed by atoms with E-state index in [1.807, 2.05) is 0 Å². The lowest BCUT2D eigenvalue weighted by Crippen LogP contribution is -2.34. The van der Waals surface area contributed by atoms with Crippen LogP contribution in [0.5, 0.6) is 0 Å². The largest absolute Gasteiger partial charge is 0.478 e. The first-order valence-corrected chi connectivity index (χ1v) is 11.5. The molecule has 0 amide bonds. The predicted octanol–water partition coefficient (Wildman–Crippen LogP) is 0.957. The highest BCUT2D eigenvalue weighted by Gasteiger charge is 2.20. The van der Waals surface area contributed by atoms with Crippen molar-refractivity contribution in [2.45, 2.75) is 23.6 Å². The molecule has 0 saturated heterocycles. The van der Waals surface area contributed by atoms with Crippen LogP contribution in [0.2, 0.25) is 0 Å². The average Bonchev–Trinajstić information content (AvgIpc) is 2.65. The number of hydrogen-bond donors (Lipinski definition) is 4. The molecule has 0 aliphatic heterocycles. The number of carbonyl (C=O) groups is 2. The minimum atomic E-state index is -4.06. The van der Waals surface area contributed by atoms with E-state index >= 15 is 0 Å². The second kappa shape index (κ2) is 8.92. The van der Waals surface area contributed by atoms with E-state index in [0.717, 1.165) is 12.1 Å². The van der Waals surface area contributed by atoms with Gasteiger partial charge in [0.2, 0.25) is 20.0 Å². The lowest BCUT2D eigenvalue weighted by atomic mass is 10.1. The van der Waals surface area contributed by atoms with Gasteiger partial charge >= 0.3 is 11.9 Å². The van der Waals surface area contributed by atoms with Crippen molar-refractivity contribution >= 4 is 32.0 Å². The summed E-state index contributed by atoms with van der Waals surface area (Å²) in [5, 5.41) is 18.2. The van der Waals surface area contributed by atoms with Crippen LogP contribution in [0.1, 0.15) is 31.8 Å². The Morgan fingerprint density at radius 1 is 0.733 bits per heavy atom. The van der Waals surface area contributed by atoms with Gasteiger partial charge in [0.1, 0.15) is 0 Å². The van der Waals surface area contributed by atoms with E-state index in [0.29, 0.717) is 11.1 Å². The van der Waals surface area contributed by atoms with Gasteiger partial charge in [-0.2, -0.15) is 0 Å². The van der Waals surface area contributed by atoms with Crippen molar-refractivity contribution in [3.63, 3.8) is 0 Å². The highest BCUT2D eigenvalue weighted by atomic mass is 32.2. The molecule has 0 bridgehead atoms. The average molecular weight is 456 g/mol. The number of carboxylic acid groups (broad SMARTS) is 2. The van der Waals surface area contributed by atoms with Gasteiger partial charge in [-0.3, -0.25) is 0 Å². The molecule has 2 rings (SSSR count). The van der Waals surface area contributed by atoms with E-state index in [1.165, 1.54) is 38.1 Å². The number of benzene rings is 2. The van der Waals surface area contributed by atoms with E-state index in [4.69, 9.17) is 10.2 Å². The maximum Gasteiger partial charge on any atom is 0.335 e. The molecule has 2 aromatic rings. The number of nitrogens with one attached hydrogen (secondary N) is 2. The molecule has 0 aliphatic carbocycles. The smallest absolute Gasteiger partial charge is 0.335 e. The zero-order valence-corrected chi connectivity index (χ0v) is 17.7. The predicted molar refractivity (Wildman–Crippen MR) is 107 cm³/mol. The van der Waals surface area contributed by atoms with Crippen molar-refractivity contribution in [1.29, 1.82) is 0 Å². The molecule has 0 atom stereocenters. The van der Waals surface area contributed by atoms with Crippen LogP contribution >= 0.6 is 0 Å². The summed E-state index contributed by atoms with van der Waals surface area (Å²) in [4.78, 5) is 21.8. The number of aryl methyl sites for hydroxylation is 2. The fraction of sp³-hybridized carbons (Fsp3) is 0.222. The summed E-state index contributed by atoms with van der Waals surface area (Å²) in [6.07, 6.45) is 0. The number of rotatable bonds is 9. The zero-order valence-electron chi connectivity index (χ0n) is 16.0. The fourth-order valence-electron chi connectivity index (χ4n) is 2.53. The molecular weight excluding hydrogens is 436 g/mol. The molecule has 4 N–H and O–H groups in total. The highest BCUT2D eigenvalue weighted by Crippen LogP contribution is 2.17. The first-order chi connectivity index (χ1) is 13.8. The normalized spacial score (nSPS) is 11.9. The van der Waals surface area contributed by atoms with Crippen LogP contribution in [0.4, 0.5) is 0 Å². The second-order valence-corrected chi connectivity index (χ2v) is 9.89. The number of aromatic carboxylic acids is 2. The molecule has 0 aliphatic rings. The summed E-state index contributed by atoms with van der Waals surface area (Å²) in [5.74, 6) is -2.53. The van der Waals surface area contributed by atoms with Crippen LogP contribution in [0.25, 0.3) is 0 Å². The molecule has 2 aromatic carbocycles. The third kappa shape index (κ3) is 5.42. The summed E-state index contributed by atoms with van der Waals surface area (Å²) in [6, 6.07) is 7.24. The van der Waals surface area contributed by atoms with Crippen LogP contribution in [-0.4, -0.2) is 52.1 Å². The standard InChI is InChI=1S/C18H20N2O8S2/c1-11-3-5-13(9-15(11)17(21)22)29(25,26)19-7-8-20-30(27,28)14-6-4-12(2)16(10-14)18(23)24/h3-6,9-10,19-20H,7-8H2,1-2H3,(H,21,22)(H,23,24). The molecule has 0 unspecified atom stereocenters. The molecule has 0 aromatic heterocycles. The van der Waals surface area contributed by atoms with E-state index in [-0.39, 0.29) is 34.0 Å². The van der Waals surface area contributed by atoms with Crippen LogP contribution in [0, 0.1) is 13.8 Å². The molecular formula is C18H20N2O8S2. The number of hydrogen-bond acceptors (Lipinski definition) is 6. The van der Waals surface area contributed by atoms with E-state index < -0.39 is 32.0 Å². The molecule has 0 heterocycles. The molecule has 30 heavy (non-hydrogen) atoms. The molecule has 12 heteroatoms. The minimum Gasteiger partial charge on any atom is -0.478 e. The fourth-order valence-corrected chi connectivity index (χ4v) is 4.65. The van der Waals surface area contributed by atoms with Gasteiger partial charge in [-0.25, -0.2) is 35.9 Å². The van der Waals surface area contributed by atoms with Gasteiger partial charge in [-0.05, 0) is 49.2 Å². The van der Waals surface area contributed by atoms with Crippen molar-refractivity contribution in [3.05, 3.63) is 58.7 Å². The Bertz CT molecular complexity index is 1110. The van der Waals surface area contributed by atoms with Gasteiger partial charge in [0.15, 0.2) is 0 Å². The number of sulfonamides is 2. The molecule has 10 nitrogen and oxygen atoms in total. The summed E-state index contributed by atoms with van der Waals surface area (Å²) < 4.78 is 53.7. The molecule has 0 radical (unpaired) electrons. The Hall–Kier alpha value is -2.80. The van der Waals surface area contributed by atoms with Crippen molar-refractivity contribution < 1.29 is 36.6 Å². The van der Waals surface area contributed by atoms with Crippen molar-refractivity contribution in [2.24, 2.45) is 0 Å². The molecule has 0 fully saturated rings. The first-order valence-electron chi connectivity index (χ1n) is 8.52. The minimum absolute atomic E-state index is 0.160. The lowest BCUT2D eigenvalue weighted by Gasteiger charge is -2.11. The lowest BCUT2D eigenvalue weighted by molar-refractivity contribution is 0.0685. The van der Waals surface area contributed by atoms with Gasteiger partial charge in [0.25, 0.3) is 0 Å². The van der Waals surface area contributed by atoms with Crippen LogP contribution in [0.15, 0.2) is 46.2 Å². The monoisotopic (exact) mass is 456 g/mol. The van der Waals surface area contributed by atoms with E-state index in [1.54, 1.807) is 0 Å². The Kier molecular flexibility index (Phi) is 6.98. The summed E-state index contributed by atoms with van der Waals surface area (Å²) in [7, 11) is -8.13. The third-order valence-electron chi connectivity index (χ3n) is 4.21. The Labute approximate surface area is 173 Å². The van der Waals surface area contributed by atoms with Crippen molar-refractivity contribution in [3.8, 4) is 0 Å². The van der Waals surface area contributed by atoms with E-state index in [2.05, 4.69) is 9.44 Å². The van der Waals surface area contributed by atoms with Crippen LogP contribution in [-0.2, 0) is 20.0 Å². The van der Waals surface area contributed by atoms with Gasteiger partial charge in [0.05, 0.1) is 20.9 Å². The van der Waals surface area contributed by atoms with Gasteiger partial charge in [-0.15, -0.1) is 0 Å².